The van der Waals surface area contributed by atoms with Crippen molar-refractivity contribution in [3.8, 4) is 12.3 Å². The van der Waals surface area contributed by atoms with Crippen molar-refractivity contribution in [2.75, 3.05) is 7.05 Å². The highest BCUT2D eigenvalue weighted by Gasteiger charge is 2.08. The lowest BCUT2D eigenvalue weighted by Gasteiger charge is -2.14. The first-order valence-electron chi connectivity index (χ1n) is 4.55. The molecule has 1 atom stereocenters. The Labute approximate surface area is 84.3 Å². The van der Waals surface area contributed by atoms with Crippen LogP contribution < -0.4 is 5.32 Å². The molecule has 1 N–H and O–H groups in total. The van der Waals surface area contributed by atoms with Gasteiger partial charge in [-0.3, -0.25) is 0 Å². The highest BCUT2D eigenvalue weighted by Crippen LogP contribution is 2.18. The third-order valence-electron chi connectivity index (χ3n) is 2.14. The summed E-state index contributed by atoms with van der Waals surface area (Å²) in [6.07, 6.45) is 5.80. The third-order valence-corrected chi connectivity index (χ3v) is 2.14. The summed E-state index contributed by atoms with van der Waals surface area (Å²) < 4.78 is 13.1. The summed E-state index contributed by atoms with van der Waals surface area (Å²) in [6, 6.07) is 5.01. The smallest absolute Gasteiger partial charge is 0.123 e. The molecule has 0 radical (unpaired) electrons. The van der Waals surface area contributed by atoms with Gasteiger partial charge in [-0.15, -0.1) is 12.3 Å². The Morgan fingerprint density at radius 3 is 2.71 bits per heavy atom. The molecular formula is C12H14FN. The SMILES string of the molecule is C#CCC(NC)c1cc(C)cc(F)c1. The normalized spacial score (nSPS) is 12.1. The third kappa shape index (κ3) is 2.58. The molecule has 1 aromatic carbocycles. The van der Waals surface area contributed by atoms with Gasteiger partial charge in [0, 0.05) is 12.5 Å². The number of benzene rings is 1. The minimum atomic E-state index is -0.211. The first-order valence-corrected chi connectivity index (χ1v) is 4.55. The largest absolute Gasteiger partial charge is 0.312 e. The van der Waals surface area contributed by atoms with Gasteiger partial charge in [0.2, 0.25) is 0 Å². The van der Waals surface area contributed by atoms with Crippen LogP contribution in [0.3, 0.4) is 0 Å². The highest BCUT2D eigenvalue weighted by molar-refractivity contribution is 5.27. The van der Waals surface area contributed by atoms with Gasteiger partial charge in [0.25, 0.3) is 0 Å². The zero-order valence-corrected chi connectivity index (χ0v) is 8.47. The Morgan fingerprint density at radius 2 is 2.21 bits per heavy atom. The Hall–Kier alpha value is -1.33. The van der Waals surface area contributed by atoms with E-state index in [4.69, 9.17) is 6.42 Å². The molecule has 1 aromatic rings. The molecular weight excluding hydrogens is 177 g/mol. The predicted octanol–water partition coefficient (Wildman–Crippen LogP) is 2.42. The topological polar surface area (TPSA) is 12.0 Å². The highest BCUT2D eigenvalue weighted by atomic mass is 19.1. The van der Waals surface area contributed by atoms with Gasteiger partial charge in [0.1, 0.15) is 5.82 Å². The minimum absolute atomic E-state index is 0.0365. The summed E-state index contributed by atoms with van der Waals surface area (Å²) in [5.41, 5.74) is 1.82. The van der Waals surface area contributed by atoms with E-state index in [0.717, 1.165) is 11.1 Å². The molecule has 1 unspecified atom stereocenters. The molecule has 0 aromatic heterocycles. The Kier molecular flexibility index (Phi) is 3.67. The number of halogens is 1. The molecule has 0 aliphatic carbocycles. The van der Waals surface area contributed by atoms with E-state index in [1.165, 1.54) is 12.1 Å². The summed E-state index contributed by atoms with van der Waals surface area (Å²) in [5, 5.41) is 3.06. The van der Waals surface area contributed by atoms with Crippen LogP contribution in [0, 0.1) is 25.1 Å². The van der Waals surface area contributed by atoms with E-state index in [2.05, 4.69) is 11.2 Å². The maximum Gasteiger partial charge on any atom is 0.123 e. The lowest BCUT2D eigenvalue weighted by molar-refractivity contribution is 0.589. The van der Waals surface area contributed by atoms with E-state index in [1.54, 1.807) is 0 Å². The minimum Gasteiger partial charge on any atom is -0.312 e. The molecule has 1 nitrogen and oxygen atoms in total. The Morgan fingerprint density at radius 1 is 1.50 bits per heavy atom. The molecule has 0 spiro atoms. The van der Waals surface area contributed by atoms with E-state index in [-0.39, 0.29) is 11.9 Å². The molecule has 2 heteroatoms. The van der Waals surface area contributed by atoms with Crippen LogP contribution in [0.4, 0.5) is 4.39 Å². The van der Waals surface area contributed by atoms with E-state index in [9.17, 15) is 4.39 Å². The van der Waals surface area contributed by atoms with Gasteiger partial charge in [0.05, 0.1) is 0 Å². The molecule has 0 aliphatic rings. The number of aryl methyl sites for hydroxylation is 1. The van der Waals surface area contributed by atoms with Crippen molar-refractivity contribution >= 4 is 0 Å². The second-order valence-corrected chi connectivity index (χ2v) is 3.31. The number of hydrogen-bond donors (Lipinski definition) is 1. The zero-order chi connectivity index (χ0) is 10.6. The van der Waals surface area contributed by atoms with Crippen LogP contribution in [0.25, 0.3) is 0 Å². The molecule has 0 saturated heterocycles. The Bertz CT molecular complexity index is 332. The summed E-state index contributed by atoms with van der Waals surface area (Å²) in [4.78, 5) is 0. The summed E-state index contributed by atoms with van der Waals surface area (Å²) in [7, 11) is 1.82. The van der Waals surface area contributed by atoms with Crippen LogP contribution in [0.1, 0.15) is 23.6 Å². The van der Waals surface area contributed by atoms with Crippen molar-refractivity contribution < 1.29 is 4.39 Å². The monoisotopic (exact) mass is 191 g/mol. The molecule has 0 amide bonds. The van der Waals surface area contributed by atoms with E-state index in [0.29, 0.717) is 6.42 Å². The first kappa shape index (κ1) is 10.7. The Balaban J connectivity index is 2.98. The average molecular weight is 191 g/mol. The van der Waals surface area contributed by atoms with E-state index in [1.807, 2.05) is 20.0 Å². The molecule has 0 aliphatic heterocycles. The van der Waals surface area contributed by atoms with Crippen LogP contribution >= 0.6 is 0 Å². The van der Waals surface area contributed by atoms with Crippen molar-refractivity contribution in [2.24, 2.45) is 0 Å². The van der Waals surface area contributed by atoms with Crippen molar-refractivity contribution in [3.05, 3.63) is 35.1 Å². The van der Waals surface area contributed by atoms with Gasteiger partial charge >= 0.3 is 0 Å². The van der Waals surface area contributed by atoms with Crippen molar-refractivity contribution in [1.29, 1.82) is 0 Å². The number of hydrogen-bond acceptors (Lipinski definition) is 1. The molecule has 0 saturated carbocycles. The summed E-state index contributed by atoms with van der Waals surface area (Å²) in [5.74, 6) is 2.36. The van der Waals surface area contributed by atoms with Gasteiger partial charge in [-0.1, -0.05) is 6.07 Å². The molecule has 14 heavy (non-hydrogen) atoms. The molecule has 0 heterocycles. The zero-order valence-electron chi connectivity index (χ0n) is 8.47. The first-order chi connectivity index (χ1) is 6.67. The molecule has 1 rings (SSSR count). The maximum atomic E-state index is 13.1. The van der Waals surface area contributed by atoms with Crippen LogP contribution in [0.15, 0.2) is 18.2 Å². The molecule has 0 bridgehead atoms. The van der Waals surface area contributed by atoms with Crippen LogP contribution in [-0.2, 0) is 0 Å². The lowest BCUT2D eigenvalue weighted by atomic mass is 10.0. The van der Waals surface area contributed by atoms with Crippen molar-refractivity contribution in [3.63, 3.8) is 0 Å². The summed E-state index contributed by atoms with van der Waals surface area (Å²) in [6.45, 7) is 1.87. The second-order valence-electron chi connectivity index (χ2n) is 3.31. The van der Waals surface area contributed by atoms with Crippen LogP contribution in [-0.4, -0.2) is 7.05 Å². The van der Waals surface area contributed by atoms with Crippen molar-refractivity contribution in [2.45, 2.75) is 19.4 Å². The van der Waals surface area contributed by atoms with Gasteiger partial charge < -0.3 is 5.32 Å². The quantitative estimate of drug-likeness (QED) is 0.723. The predicted molar refractivity (Wildman–Crippen MR) is 56.4 cm³/mol. The molecule has 0 fully saturated rings. The van der Waals surface area contributed by atoms with Gasteiger partial charge in [0.15, 0.2) is 0 Å². The number of rotatable bonds is 3. The standard InChI is InChI=1S/C12H14FN/c1-4-5-12(14-3)10-6-9(2)7-11(13)8-10/h1,6-8,12,14H,5H2,2-3H3. The fourth-order valence-corrected chi connectivity index (χ4v) is 1.47. The van der Waals surface area contributed by atoms with Gasteiger partial charge in [-0.05, 0) is 37.2 Å². The fourth-order valence-electron chi connectivity index (χ4n) is 1.47. The van der Waals surface area contributed by atoms with Crippen molar-refractivity contribution in [1.82, 2.24) is 5.32 Å². The van der Waals surface area contributed by atoms with E-state index >= 15 is 0 Å². The maximum absolute atomic E-state index is 13.1. The number of terminal acetylenes is 1. The van der Waals surface area contributed by atoms with Gasteiger partial charge in [-0.2, -0.15) is 0 Å². The molecule has 74 valence electrons. The van der Waals surface area contributed by atoms with Crippen LogP contribution in [0.5, 0.6) is 0 Å². The van der Waals surface area contributed by atoms with Gasteiger partial charge in [-0.25, -0.2) is 4.39 Å². The van der Waals surface area contributed by atoms with Crippen LogP contribution in [0.2, 0.25) is 0 Å². The van der Waals surface area contributed by atoms with E-state index < -0.39 is 0 Å². The second kappa shape index (κ2) is 4.78. The average Bonchev–Trinajstić information content (AvgIpc) is 2.12. The lowest BCUT2D eigenvalue weighted by Crippen LogP contribution is -2.15. The fraction of sp³-hybridized carbons (Fsp3) is 0.333. The summed E-state index contributed by atoms with van der Waals surface area (Å²) >= 11 is 0. The number of nitrogens with one attached hydrogen (secondary N) is 1.